The van der Waals surface area contributed by atoms with Crippen LogP contribution in [-0.2, 0) is 0 Å². The Kier molecular flexibility index (Phi) is 2.66. The van der Waals surface area contributed by atoms with Crippen molar-refractivity contribution in [1.29, 1.82) is 0 Å². The molecule has 20 heavy (non-hydrogen) atoms. The van der Waals surface area contributed by atoms with E-state index in [9.17, 15) is 0 Å². The minimum atomic E-state index is 0.307. The molecule has 1 heterocycles. The van der Waals surface area contributed by atoms with Gasteiger partial charge in [-0.15, -0.1) is 0 Å². The lowest BCUT2D eigenvalue weighted by molar-refractivity contribution is 0.335. The molecular formula is C17H19N3. The highest BCUT2D eigenvalue weighted by Crippen LogP contribution is 2.36. The molecule has 1 fully saturated rings. The van der Waals surface area contributed by atoms with Gasteiger partial charge in [0.2, 0.25) is 0 Å². The van der Waals surface area contributed by atoms with Crippen molar-refractivity contribution >= 4 is 16.7 Å². The SMILES string of the molecule is NC1=NCC(c2cccc3ccccc23)N1CC1CC1. The lowest BCUT2D eigenvalue weighted by Crippen LogP contribution is -2.37. The van der Waals surface area contributed by atoms with Gasteiger partial charge in [-0.05, 0) is 35.1 Å². The van der Waals surface area contributed by atoms with Crippen LogP contribution in [0.2, 0.25) is 0 Å². The van der Waals surface area contributed by atoms with E-state index < -0.39 is 0 Å². The first kappa shape index (κ1) is 11.8. The van der Waals surface area contributed by atoms with Crippen LogP contribution in [0.15, 0.2) is 47.5 Å². The summed E-state index contributed by atoms with van der Waals surface area (Å²) in [6.45, 7) is 1.84. The number of nitrogens with two attached hydrogens (primary N) is 1. The second-order valence-electron chi connectivity index (χ2n) is 5.88. The summed E-state index contributed by atoms with van der Waals surface area (Å²) in [5.74, 6) is 1.54. The molecule has 0 bridgehead atoms. The van der Waals surface area contributed by atoms with Crippen LogP contribution < -0.4 is 5.73 Å². The number of fused-ring (bicyclic) bond motifs is 1. The van der Waals surface area contributed by atoms with Crippen LogP contribution in [0.5, 0.6) is 0 Å². The zero-order chi connectivity index (χ0) is 13.5. The van der Waals surface area contributed by atoms with Crippen LogP contribution in [-0.4, -0.2) is 23.9 Å². The maximum Gasteiger partial charge on any atom is 0.191 e. The van der Waals surface area contributed by atoms with Gasteiger partial charge in [0, 0.05) is 6.54 Å². The van der Waals surface area contributed by atoms with Crippen molar-refractivity contribution in [3.63, 3.8) is 0 Å². The molecule has 2 N–H and O–H groups in total. The quantitative estimate of drug-likeness (QED) is 0.927. The summed E-state index contributed by atoms with van der Waals surface area (Å²) in [4.78, 5) is 6.79. The first-order valence-electron chi connectivity index (χ1n) is 7.37. The fourth-order valence-corrected chi connectivity index (χ4v) is 3.14. The summed E-state index contributed by atoms with van der Waals surface area (Å²) in [5.41, 5.74) is 7.46. The van der Waals surface area contributed by atoms with Crippen LogP contribution in [0.3, 0.4) is 0 Å². The molecule has 0 amide bonds. The summed E-state index contributed by atoms with van der Waals surface area (Å²) in [6.07, 6.45) is 2.68. The van der Waals surface area contributed by atoms with Gasteiger partial charge in [0.1, 0.15) is 0 Å². The summed E-state index contributed by atoms with van der Waals surface area (Å²) in [7, 11) is 0. The Hall–Kier alpha value is -2.03. The van der Waals surface area contributed by atoms with Crippen molar-refractivity contribution < 1.29 is 0 Å². The number of guanidine groups is 1. The topological polar surface area (TPSA) is 41.6 Å². The Morgan fingerprint density at radius 2 is 1.90 bits per heavy atom. The van der Waals surface area contributed by atoms with Crippen molar-refractivity contribution in [2.75, 3.05) is 13.1 Å². The van der Waals surface area contributed by atoms with Crippen LogP contribution in [0.25, 0.3) is 10.8 Å². The van der Waals surface area contributed by atoms with Crippen molar-refractivity contribution in [1.82, 2.24) is 4.90 Å². The number of benzene rings is 2. The third-order valence-corrected chi connectivity index (χ3v) is 4.43. The highest BCUT2D eigenvalue weighted by Gasteiger charge is 2.33. The van der Waals surface area contributed by atoms with Crippen molar-refractivity contribution in [3.05, 3.63) is 48.0 Å². The van der Waals surface area contributed by atoms with Crippen molar-refractivity contribution in [2.45, 2.75) is 18.9 Å². The van der Waals surface area contributed by atoms with E-state index in [0.29, 0.717) is 6.04 Å². The molecule has 1 atom stereocenters. The number of nitrogens with zero attached hydrogens (tertiary/aromatic N) is 2. The molecule has 4 rings (SSSR count). The van der Waals surface area contributed by atoms with E-state index >= 15 is 0 Å². The van der Waals surface area contributed by atoms with Gasteiger partial charge < -0.3 is 10.6 Å². The minimum Gasteiger partial charge on any atom is -0.370 e. The highest BCUT2D eigenvalue weighted by atomic mass is 15.3. The molecule has 2 aromatic carbocycles. The minimum absolute atomic E-state index is 0.307. The van der Waals surface area contributed by atoms with Gasteiger partial charge in [-0.3, -0.25) is 4.99 Å². The molecule has 102 valence electrons. The van der Waals surface area contributed by atoms with Gasteiger partial charge in [0.05, 0.1) is 12.6 Å². The summed E-state index contributed by atoms with van der Waals surface area (Å²) < 4.78 is 0. The fourth-order valence-electron chi connectivity index (χ4n) is 3.14. The van der Waals surface area contributed by atoms with Crippen molar-refractivity contribution in [2.24, 2.45) is 16.6 Å². The van der Waals surface area contributed by atoms with Gasteiger partial charge in [-0.2, -0.15) is 0 Å². The maximum absolute atomic E-state index is 6.10. The van der Waals surface area contributed by atoms with Gasteiger partial charge in [-0.1, -0.05) is 42.5 Å². The van der Waals surface area contributed by atoms with E-state index in [1.807, 2.05) is 0 Å². The second-order valence-corrected chi connectivity index (χ2v) is 5.88. The Morgan fingerprint density at radius 1 is 1.10 bits per heavy atom. The molecule has 0 saturated heterocycles. The average Bonchev–Trinajstić information content (AvgIpc) is 3.23. The second kappa shape index (κ2) is 4.51. The number of hydrogen-bond donors (Lipinski definition) is 1. The highest BCUT2D eigenvalue weighted by molar-refractivity contribution is 5.88. The summed E-state index contributed by atoms with van der Waals surface area (Å²) >= 11 is 0. The van der Waals surface area contributed by atoms with Gasteiger partial charge >= 0.3 is 0 Å². The molecule has 0 radical (unpaired) electrons. The molecule has 3 heteroatoms. The molecule has 3 nitrogen and oxygen atoms in total. The lowest BCUT2D eigenvalue weighted by atomic mass is 9.98. The predicted molar refractivity (Wildman–Crippen MR) is 82.6 cm³/mol. The molecule has 1 aliphatic heterocycles. The number of hydrogen-bond acceptors (Lipinski definition) is 3. The fraction of sp³-hybridized carbons (Fsp3) is 0.353. The first-order valence-corrected chi connectivity index (χ1v) is 7.37. The standard InChI is InChI=1S/C17H19N3/c18-17-19-10-16(20(17)11-12-8-9-12)15-7-3-5-13-4-1-2-6-14(13)15/h1-7,12,16H,8-11H2,(H2,18,19). The Balaban J connectivity index is 1.74. The molecule has 2 aromatic rings. The molecule has 1 saturated carbocycles. The average molecular weight is 265 g/mol. The molecule has 1 unspecified atom stereocenters. The van der Waals surface area contributed by atoms with E-state index in [4.69, 9.17) is 5.73 Å². The van der Waals surface area contributed by atoms with E-state index in [1.165, 1.54) is 29.2 Å². The molecule has 0 spiro atoms. The van der Waals surface area contributed by atoms with Crippen LogP contribution >= 0.6 is 0 Å². The van der Waals surface area contributed by atoms with E-state index in [0.717, 1.165) is 25.0 Å². The summed E-state index contributed by atoms with van der Waals surface area (Å²) in [5, 5.41) is 2.62. The molecular weight excluding hydrogens is 246 g/mol. The van der Waals surface area contributed by atoms with Gasteiger partial charge in [-0.25, -0.2) is 0 Å². The predicted octanol–water partition coefficient (Wildman–Crippen LogP) is 2.92. The number of rotatable bonds is 3. The van der Waals surface area contributed by atoms with E-state index in [2.05, 4.69) is 52.4 Å². The van der Waals surface area contributed by atoms with Crippen LogP contribution in [0.1, 0.15) is 24.4 Å². The zero-order valence-corrected chi connectivity index (χ0v) is 11.5. The van der Waals surface area contributed by atoms with Gasteiger partial charge in [0.15, 0.2) is 5.96 Å². The monoisotopic (exact) mass is 265 g/mol. The van der Waals surface area contributed by atoms with E-state index in [-0.39, 0.29) is 0 Å². The third kappa shape index (κ3) is 1.94. The third-order valence-electron chi connectivity index (χ3n) is 4.43. The Bertz CT molecular complexity index is 667. The maximum atomic E-state index is 6.10. The summed E-state index contributed by atoms with van der Waals surface area (Å²) in [6, 6.07) is 15.4. The largest absolute Gasteiger partial charge is 0.370 e. The molecule has 2 aliphatic rings. The van der Waals surface area contributed by atoms with Gasteiger partial charge in [0.25, 0.3) is 0 Å². The normalized spacial score (nSPS) is 22.3. The Labute approximate surface area is 119 Å². The van der Waals surface area contributed by atoms with Crippen molar-refractivity contribution in [3.8, 4) is 0 Å². The molecule has 1 aliphatic carbocycles. The van der Waals surface area contributed by atoms with Crippen LogP contribution in [0, 0.1) is 5.92 Å². The molecule has 0 aromatic heterocycles. The first-order chi connectivity index (χ1) is 9.83. The van der Waals surface area contributed by atoms with E-state index in [1.54, 1.807) is 0 Å². The number of aliphatic imine (C=N–C) groups is 1. The van der Waals surface area contributed by atoms with Crippen LogP contribution in [0.4, 0.5) is 0 Å². The smallest absolute Gasteiger partial charge is 0.191 e. The zero-order valence-electron chi connectivity index (χ0n) is 11.5. The lowest BCUT2D eigenvalue weighted by Gasteiger charge is -2.27. The Morgan fingerprint density at radius 3 is 2.75 bits per heavy atom.